The first kappa shape index (κ1) is 29.1. The zero-order chi connectivity index (χ0) is 27.5. The minimum Gasteiger partial charge on any atom is -0.326 e. The lowest BCUT2D eigenvalue weighted by atomic mass is 9.94. The van der Waals surface area contributed by atoms with Crippen LogP contribution in [0.1, 0.15) is 41.3 Å². The van der Waals surface area contributed by atoms with Crippen LogP contribution in [-0.2, 0) is 9.59 Å². The summed E-state index contributed by atoms with van der Waals surface area (Å²) in [5.41, 5.74) is 2.77. The summed E-state index contributed by atoms with van der Waals surface area (Å²) < 4.78 is -1.49. The lowest BCUT2D eigenvalue weighted by Gasteiger charge is -2.26. The van der Waals surface area contributed by atoms with Gasteiger partial charge in [0.05, 0.1) is 26.5 Å². The largest absolute Gasteiger partial charge is 0.326 e. The highest BCUT2D eigenvalue weighted by atomic mass is 35.5. The molecule has 3 aromatic rings. The second-order valence-corrected chi connectivity index (χ2v) is 11.4. The highest BCUT2D eigenvalue weighted by Crippen LogP contribution is 2.40. The lowest BCUT2D eigenvalue weighted by Crippen LogP contribution is -2.32. The number of amides is 3. The fourth-order valence-electron chi connectivity index (χ4n) is 3.63. The molecule has 0 aromatic heterocycles. The Morgan fingerprint density at radius 1 is 0.784 bits per heavy atom. The highest BCUT2D eigenvalue weighted by Gasteiger charge is 2.37. The third-order valence-electron chi connectivity index (χ3n) is 5.32. The van der Waals surface area contributed by atoms with E-state index in [1.54, 1.807) is 43.3 Å². The Morgan fingerprint density at radius 3 is 2.00 bits per heavy atom. The maximum Gasteiger partial charge on any atom is 0.257 e. The predicted molar refractivity (Wildman–Crippen MR) is 153 cm³/mol. The SMILES string of the molecule is CC(=O)Nc1ccc(NC(=O)c2cc(NC(=O)C(c3ccc(Cl)c(Cl)c3)C(C)(Cl)Cl)ccc2Cl)c(C)c1. The Kier molecular flexibility index (Phi) is 9.37. The first-order chi connectivity index (χ1) is 17.3. The Bertz CT molecular complexity index is 1370. The van der Waals surface area contributed by atoms with Gasteiger partial charge in [0, 0.05) is 24.0 Å². The molecule has 11 heteroatoms. The minimum atomic E-state index is -1.49. The van der Waals surface area contributed by atoms with E-state index in [0.717, 1.165) is 5.56 Å². The molecule has 3 amide bonds. The number of halogens is 5. The maximum absolute atomic E-state index is 13.2. The van der Waals surface area contributed by atoms with Crippen LogP contribution < -0.4 is 16.0 Å². The van der Waals surface area contributed by atoms with E-state index < -0.39 is 22.1 Å². The van der Waals surface area contributed by atoms with Crippen molar-refractivity contribution in [2.75, 3.05) is 16.0 Å². The van der Waals surface area contributed by atoms with Crippen LogP contribution in [0.5, 0.6) is 0 Å². The van der Waals surface area contributed by atoms with Crippen molar-refractivity contribution in [1.82, 2.24) is 0 Å². The molecule has 0 fully saturated rings. The molecule has 0 aliphatic rings. The number of alkyl halides is 2. The second-order valence-electron chi connectivity index (χ2n) is 8.41. The molecule has 3 rings (SSSR count). The Balaban J connectivity index is 1.84. The van der Waals surface area contributed by atoms with Crippen LogP contribution in [0.4, 0.5) is 17.1 Å². The monoisotopic (exact) mass is 599 g/mol. The number of anilines is 3. The highest BCUT2D eigenvalue weighted by molar-refractivity contribution is 6.50. The molecule has 0 radical (unpaired) electrons. The molecule has 0 spiro atoms. The average molecular weight is 602 g/mol. The van der Waals surface area contributed by atoms with E-state index in [-0.39, 0.29) is 21.5 Å². The fraction of sp³-hybridized carbons (Fsp3) is 0.192. The first-order valence-electron chi connectivity index (χ1n) is 10.9. The Hall–Kier alpha value is -2.48. The van der Waals surface area contributed by atoms with Gasteiger partial charge >= 0.3 is 0 Å². The normalized spacial score (nSPS) is 12.0. The number of carbonyl (C=O) groups is 3. The molecule has 194 valence electrons. The van der Waals surface area contributed by atoms with Gasteiger partial charge in [-0.3, -0.25) is 14.4 Å². The van der Waals surface area contributed by atoms with Crippen LogP contribution in [0.25, 0.3) is 0 Å². The van der Waals surface area contributed by atoms with E-state index in [1.165, 1.54) is 32.0 Å². The Labute approximate surface area is 239 Å². The molecule has 0 aliphatic carbocycles. The van der Waals surface area contributed by atoms with Gasteiger partial charge in [-0.2, -0.15) is 0 Å². The summed E-state index contributed by atoms with van der Waals surface area (Å²) in [5, 5.41) is 8.98. The molecular weight excluding hydrogens is 580 g/mol. The molecule has 6 nitrogen and oxygen atoms in total. The predicted octanol–water partition coefficient (Wildman–Crippen LogP) is 8.08. The molecule has 1 atom stereocenters. The van der Waals surface area contributed by atoms with Crippen molar-refractivity contribution in [1.29, 1.82) is 0 Å². The van der Waals surface area contributed by atoms with Gasteiger partial charge in [-0.25, -0.2) is 0 Å². The van der Waals surface area contributed by atoms with Crippen molar-refractivity contribution >= 4 is 92.8 Å². The van der Waals surface area contributed by atoms with Gasteiger partial charge < -0.3 is 16.0 Å². The van der Waals surface area contributed by atoms with Crippen LogP contribution in [0.2, 0.25) is 15.1 Å². The van der Waals surface area contributed by atoms with Gasteiger partial charge in [0.25, 0.3) is 5.91 Å². The van der Waals surface area contributed by atoms with Crippen molar-refractivity contribution < 1.29 is 14.4 Å². The number of carbonyl (C=O) groups excluding carboxylic acids is 3. The molecule has 0 heterocycles. The summed E-state index contributed by atoms with van der Waals surface area (Å²) in [7, 11) is 0. The Morgan fingerprint density at radius 2 is 1.41 bits per heavy atom. The van der Waals surface area contributed by atoms with Crippen molar-refractivity contribution in [3.05, 3.63) is 86.4 Å². The van der Waals surface area contributed by atoms with Crippen molar-refractivity contribution in [3.63, 3.8) is 0 Å². The summed E-state index contributed by atoms with van der Waals surface area (Å²) in [4.78, 5) is 37.5. The quantitative estimate of drug-likeness (QED) is 0.239. The van der Waals surface area contributed by atoms with Crippen molar-refractivity contribution in [2.45, 2.75) is 31.0 Å². The summed E-state index contributed by atoms with van der Waals surface area (Å²) in [6.07, 6.45) is 0. The summed E-state index contributed by atoms with van der Waals surface area (Å²) in [6, 6.07) is 14.2. The smallest absolute Gasteiger partial charge is 0.257 e. The van der Waals surface area contributed by atoms with E-state index in [2.05, 4.69) is 16.0 Å². The maximum atomic E-state index is 13.2. The van der Waals surface area contributed by atoms with E-state index >= 15 is 0 Å². The topological polar surface area (TPSA) is 87.3 Å². The van der Waals surface area contributed by atoms with E-state index in [1.807, 2.05) is 0 Å². The van der Waals surface area contributed by atoms with E-state index in [0.29, 0.717) is 27.6 Å². The molecule has 0 saturated carbocycles. The van der Waals surface area contributed by atoms with Crippen LogP contribution in [0, 0.1) is 6.92 Å². The first-order valence-corrected chi connectivity index (χ1v) is 12.8. The number of hydrogen-bond acceptors (Lipinski definition) is 3. The third kappa shape index (κ3) is 7.53. The fourth-order valence-corrected chi connectivity index (χ4v) is 4.59. The van der Waals surface area contributed by atoms with E-state index in [4.69, 9.17) is 58.0 Å². The summed E-state index contributed by atoms with van der Waals surface area (Å²) in [5.74, 6) is -2.23. The molecule has 1 unspecified atom stereocenters. The zero-order valence-corrected chi connectivity index (χ0v) is 23.7. The molecule has 0 bridgehead atoms. The number of benzene rings is 3. The van der Waals surface area contributed by atoms with E-state index in [9.17, 15) is 14.4 Å². The molecule has 0 saturated heterocycles. The van der Waals surface area contributed by atoms with Gasteiger partial charge in [-0.1, -0.05) is 40.9 Å². The van der Waals surface area contributed by atoms with Crippen molar-refractivity contribution in [2.24, 2.45) is 0 Å². The molecule has 3 aromatic carbocycles. The lowest BCUT2D eigenvalue weighted by molar-refractivity contribution is -0.118. The number of aryl methyl sites for hydroxylation is 1. The van der Waals surface area contributed by atoms with Gasteiger partial charge in [-0.05, 0) is 73.5 Å². The average Bonchev–Trinajstić information content (AvgIpc) is 2.78. The molecule has 0 aliphatic heterocycles. The minimum absolute atomic E-state index is 0.135. The summed E-state index contributed by atoms with van der Waals surface area (Å²) >= 11 is 31.1. The van der Waals surface area contributed by atoms with Crippen LogP contribution >= 0.6 is 58.0 Å². The van der Waals surface area contributed by atoms with Crippen LogP contribution in [0.3, 0.4) is 0 Å². The van der Waals surface area contributed by atoms with Gasteiger partial charge in [0.15, 0.2) is 0 Å². The number of hydrogen-bond donors (Lipinski definition) is 3. The third-order valence-corrected chi connectivity index (χ3v) is 6.82. The van der Waals surface area contributed by atoms with Gasteiger partial charge in [-0.15, -0.1) is 23.2 Å². The molecule has 3 N–H and O–H groups in total. The van der Waals surface area contributed by atoms with Gasteiger partial charge in [0.1, 0.15) is 4.33 Å². The van der Waals surface area contributed by atoms with Crippen molar-refractivity contribution in [3.8, 4) is 0 Å². The molecular formula is C26H22Cl5N3O3. The van der Waals surface area contributed by atoms with Crippen LogP contribution in [-0.4, -0.2) is 22.1 Å². The number of rotatable bonds is 7. The second kappa shape index (κ2) is 11.9. The standard InChI is InChI=1S/C26H22Cl5N3O3/c1-13-10-16(32-14(2)35)6-9-22(13)34-24(36)18-12-17(5-8-19(18)27)33-25(37)23(26(3,30)31)15-4-7-20(28)21(29)11-15/h4-12,23H,1-3H3,(H,32,35)(H,33,37)(H,34,36). The number of nitrogens with one attached hydrogen (secondary N) is 3. The molecule has 37 heavy (non-hydrogen) atoms. The summed E-state index contributed by atoms with van der Waals surface area (Å²) in [6.45, 7) is 4.69. The van der Waals surface area contributed by atoms with Crippen LogP contribution in [0.15, 0.2) is 54.6 Å². The zero-order valence-electron chi connectivity index (χ0n) is 19.9. The van der Waals surface area contributed by atoms with Gasteiger partial charge in [0.2, 0.25) is 11.8 Å².